The zero-order chi connectivity index (χ0) is 14.4. The molecule has 6 heteroatoms. The maximum Gasteiger partial charge on any atom is 0.274 e. The van der Waals surface area contributed by atoms with Crippen LogP contribution in [-0.4, -0.2) is 28.8 Å². The van der Waals surface area contributed by atoms with Crippen molar-refractivity contribution < 1.29 is 9.72 Å². The van der Waals surface area contributed by atoms with Crippen molar-refractivity contribution in [1.29, 1.82) is 0 Å². The molecule has 0 heterocycles. The van der Waals surface area contributed by atoms with E-state index in [0.717, 1.165) is 0 Å². The van der Waals surface area contributed by atoms with Crippen molar-refractivity contribution in [2.45, 2.75) is 19.0 Å². The lowest BCUT2D eigenvalue weighted by Crippen LogP contribution is -2.41. The van der Waals surface area contributed by atoms with Gasteiger partial charge in [-0.3, -0.25) is 14.9 Å². The van der Waals surface area contributed by atoms with Gasteiger partial charge < -0.3 is 10.6 Å². The molecule has 1 aromatic rings. The Kier molecular flexibility index (Phi) is 5.20. The van der Waals surface area contributed by atoms with Crippen molar-refractivity contribution >= 4 is 11.6 Å². The first-order valence-corrected chi connectivity index (χ1v) is 5.81. The molecule has 0 fully saturated rings. The molecule has 6 nitrogen and oxygen atoms in total. The molecule has 0 saturated heterocycles. The molecule has 0 spiro atoms. The van der Waals surface area contributed by atoms with E-state index >= 15 is 0 Å². The Morgan fingerprint density at radius 2 is 2.21 bits per heavy atom. The Hall–Kier alpha value is -2.21. The lowest BCUT2D eigenvalue weighted by Gasteiger charge is -2.20. The van der Waals surface area contributed by atoms with Crippen LogP contribution in [0.3, 0.4) is 0 Å². The molecule has 0 saturated carbocycles. The van der Waals surface area contributed by atoms with Crippen molar-refractivity contribution in [2.24, 2.45) is 5.73 Å². The van der Waals surface area contributed by atoms with Crippen molar-refractivity contribution in [2.75, 3.05) is 7.05 Å². The number of amides is 1. The van der Waals surface area contributed by atoms with Gasteiger partial charge in [-0.1, -0.05) is 24.3 Å². The first-order valence-electron chi connectivity index (χ1n) is 5.81. The summed E-state index contributed by atoms with van der Waals surface area (Å²) in [6.07, 6.45) is 1.95. The van der Waals surface area contributed by atoms with E-state index in [1.807, 2.05) is 0 Å². The summed E-state index contributed by atoms with van der Waals surface area (Å²) in [5.74, 6) is -0.266. The molecule has 0 aliphatic rings. The van der Waals surface area contributed by atoms with Gasteiger partial charge in [-0.15, -0.1) is 6.58 Å². The van der Waals surface area contributed by atoms with Crippen LogP contribution in [0.25, 0.3) is 0 Å². The molecular weight excluding hydrogens is 246 g/mol. The minimum absolute atomic E-state index is 0.000517. The first-order chi connectivity index (χ1) is 8.97. The topological polar surface area (TPSA) is 89.5 Å². The molecule has 0 radical (unpaired) electrons. The number of benzene rings is 1. The third-order valence-electron chi connectivity index (χ3n) is 2.71. The van der Waals surface area contributed by atoms with Crippen LogP contribution in [0.15, 0.2) is 36.9 Å². The third kappa shape index (κ3) is 3.89. The summed E-state index contributed by atoms with van der Waals surface area (Å²) < 4.78 is 0. The number of hydrogen-bond acceptors (Lipinski definition) is 4. The van der Waals surface area contributed by atoms with Crippen LogP contribution in [-0.2, 0) is 11.3 Å². The summed E-state index contributed by atoms with van der Waals surface area (Å²) in [6, 6.07) is 5.67. The van der Waals surface area contributed by atoms with E-state index in [2.05, 4.69) is 6.58 Å². The molecule has 1 atom stereocenters. The number of nitrogens with zero attached hydrogens (tertiary/aromatic N) is 2. The molecule has 1 aromatic carbocycles. The van der Waals surface area contributed by atoms with E-state index < -0.39 is 11.0 Å². The molecule has 0 bridgehead atoms. The number of hydrogen-bond donors (Lipinski definition) is 1. The number of nitrogens with two attached hydrogens (primary N) is 1. The molecule has 2 N–H and O–H groups in total. The second-order valence-electron chi connectivity index (χ2n) is 4.21. The summed E-state index contributed by atoms with van der Waals surface area (Å²) in [5, 5.41) is 10.9. The van der Waals surface area contributed by atoms with E-state index in [9.17, 15) is 14.9 Å². The normalized spacial score (nSPS) is 11.7. The maximum atomic E-state index is 11.9. The van der Waals surface area contributed by atoms with Gasteiger partial charge in [0.05, 0.1) is 17.5 Å². The lowest BCUT2D eigenvalue weighted by molar-refractivity contribution is -0.385. The Bertz CT molecular complexity index is 488. The Labute approximate surface area is 111 Å². The predicted molar refractivity (Wildman–Crippen MR) is 72.4 cm³/mol. The highest BCUT2D eigenvalue weighted by molar-refractivity contribution is 5.81. The van der Waals surface area contributed by atoms with E-state index in [1.54, 1.807) is 31.3 Å². The maximum absolute atomic E-state index is 11.9. The van der Waals surface area contributed by atoms with Crippen molar-refractivity contribution in [3.8, 4) is 0 Å². The van der Waals surface area contributed by atoms with E-state index in [1.165, 1.54) is 11.0 Å². The standard InChI is InChI=1S/C13H17N3O3/c1-3-6-11(14)13(17)15(2)9-10-7-4-5-8-12(10)16(18)19/h3-5,7-8,11H,1,6,9,14H2,2H3. The summed E-state index contributed by atoms with van der Waals surface area (Å²) in [4.78, 5) is 23.7. The van der Waals surface area contributed by atoms with Crippen LogP contribution in [0.5, 0.6) is 0 Å². The number of rotatable bonds is 6. The van der Waals surface area contributed by atoms with Crippen LogP contribution >= 0.6 is 0 Å². The monoisotopic (exact) mass is 263 g/mol. The number of nitro groups is 1. The fourth-order valence-electron chi connectivity index (χ4n) is 1.72. The van der Waals surface area contributed by atoms with Crippen LogP contribution < -0.4 is 5.73 Å². The van der Waals surface area contributed by atoms with Crippen molar-refractivity contribution in [3.63, 3.8) is 0 Å². The molecule has 19 heavy (non-hydrogen) atoms. The van der Waals surface area contributed by atoms with Crippen LogP contribution in [0.4, 0.5) is 5.69 Å². The number of likely N-dealkylation sites (N-methyl/N-ethyl adjacent to an activating group) is 1. The van der Waals surface area contributed by atoms with Crippen LogP contribution in [0.1, 0.15) is 12.0 Å². The fourth-order valence-corrected chi connectivity index (χ4v) is 1.72. The molecule has 0 aliphatic heterocycles. The molecule has 1 amide bonds. The lowest BCUT2D eigenvalue weighted by atomic mass is 10.1. The van der Waals surface area contributed by atoms with Crippen LogP contribution in [0, 0.1) is 10.1 Å². The highest BCUT2D eigenvalue weighted by Crippen LogP contribution is 2.19. The molecular formula is C13H17N3O3. The second kappa shape index (κ2) is 6.65. The SMILES string of the molecule is C=CCC(N)C(=O)N(C)Cc1ccccc1[N+](=O)[O-]. The van der Waals surface area contributed by atoms with Gasteiger partial charge in [0.25, 0.3) is 5.69 Å². The summed E-state index contributed by atoms with van der Waals surface area (Å²) in [6.45, 7) is 3.68. The van der Waals surface area contributed by atoms with Gasteiger partial charge in [-0.2, -0.15) is 0 Å². The van der Waals surface area contributed by atoms with E-state index in [4.69, 9.17) is 5.73 Å². The largest absolute Gasteiger partial charge is 0.340 e. The van der Waals surface area contributed by atoms with Gasteiger partial charge in [0.1, 0.15) is 0 Å². The minimum atomic E-state index is -0.662. The summed E-state index contributed by atoms with van der Waals surface area (Å²) in [5.41, 5.74) is 6.16. The van der Waals surface area contributed by atoms with Gasteiger partial charge >= 0.3 is 0 Å². The van der Waals surface area contributed by atoms with E-state index in [0.29, 0.717) is 12.0 Å². The van der Waals surface area contributed by atoms with Gasteiger partial charge in [-0.05, 0) is 6.42 Å². The Balaban J connectivity index is 2.82. The van der Waals surface area contributed by atoms with Gasteiger partial charge in [-0.25, -0.2) is 0 Å². The molecule has 102 valence electrons. The quantitative estimate of drug-likeness (QED) is 0.478. The summed E-state index contributed by atoms with van der Waals surface area (Å²) >= 11 is 0. The number of nitro benzene ring substituents is 1. The molecule has 0 aromatic heterocycles. The van der Waals surface area contributed by atoms with Crippen molar-refractivity contribution in [3.05, 3.63) is 52.6 Å². The smallest absolute Gasteiger partial charge is 0.274 e. The minimum Gasteiger partial charge on any atom is -0.340 e. The van der Waals surface area contributed by atoms with Gasteiger partial charge in [0.15, 0.2) is 0 Å². The van der Waals surface area contributed by atoms with Crippen molar-refractivity contribution in [1.82, 2.24) is 4.90 Å². The average Bonchev–Trinajstić information content (AvgIpc) is 2.38. The highest BCUT2D eigenvalue weighted by atomic mass is 16.6. The number of para-hydroxylation sites is 1. The average molecular weight is 263 g/mol. The molecule has 1 rings (SSSR count). The fraction of sp³-hybridized carbons (Fsp3) is 0.308. The number of carbonyl (C=O) groups excluding carboxylic acids is 1. The van der Waals surface area contributed by atoms with Crippen LogP contribution in [0.2, 0.25) is 0 Å². The Morgan fingerprint density at radius 1 is 1.58 bits per heavy atom. The number of carbonyl (C=O) groups is 1. The van der Waals surface area contributed by atoms with E-state index in [-0.39, 0.29) is 18.1 Å². The first kappa shape index (κ1) is 14.8. The predicted octanol–water partition coefficient (Wildman–Crippen LogP) is 1.46. The Morgan fingerprint density at radius 3 is 2.79 bits per heavy atom. The van der Waals surface area contributed by atoms with Gasteiger partial charge in [0.2, 0.25) is 5.91 Å². The molecule has 1 unspecified atom stereocenters. The zero-order valence-corrected chi connectivity index (χ0v) is 10.8. The van der Waals surface area contributed by atoms with Gasteiger partial charge in [0, 0.05) is 18.7 Å². The third-order valence-corrected chi connectivity index (χ3v) is 2.71. The summed E-state index contributed by atoms with van der Waals surface area (Å²) in [7, 11) is 1.57. The second-order valence-corrected chi connectivity index (χ2v) is 4.21. The highest BCUT2D eigenvalue weighted by Gasteiger charge is 2.20. The zero-order valence-electron chi connectivity index (χ0n) is 10.8. The molecule has 0 aliphatic carbocycles.